The van der Waals surface area contributed by atoms with Crippen molar-refractivity contribution in [2.24, 2.45) is 0 Å². The fraction of sp³-hybridized carbons (Fsp3) is 0.318. The molecule has 1 aliphatic heterocycles. The second-order valence-electron chi connectivity index (χ2n) is 7.16. The van der Waals surface area contributed by atoms with Crippen LogP contribution in [-0.4, -0.2) is 49.5 Å². The number of carbonyl (C=O) groups is 3. The SMILES string of the molecule is CN(Cc1ccc(OC(F)F)cc1)C(=O)COC(=O)c1ccc(Cl)c(N2CCCC2=O)c1. The average molecular weight is 467 g/mol. The van der Waals surface area contributed by atoms with E-state index in [4.69, 9.17) is 16.3 Å². The molecule has 1 fully saturated rings. The number of alkyl halides is 2. The quantitative estimate of drug-likeness (QED) is 0.552. The molecule has 1 saturated heterocycles. The van der Waals surface area contributed by atoms with Gasteiger partial charge in [0.25, 0.3) is 5.91 Å². The Labute approximate surface area is 188 Å². The number of nitrogens with zero attached hydrogens (tertiary/aromatic N) is 2. The lowest BCUT2D eigenvalue weighted by Crippen LogP contribution is -2.31. The van der Waals surface area contributed by atoms with E-state index >= 15 is 0 Å². The van der Waals surface area contributed by atoms with Crippen molar-refractivity contribution in [3.63, 3.8) is 0 Å². The minimum absolute atomic E-state index is 0.0182. The highest BCUT2D eigenvalue weighted by molar-refractivity contribution is 6.34. The summed E-state index contributed by atoms with van der Waals surface area (Å²) < 4.78 is 33.8. The number of amides is 2. The molecule has 2 aromatic carbocycles. The van der Waals surface area contributed by atoms with Crippen molar-refractivity contribution in [3.8, 4) is 5.75 Å². The molecule has 170 valence electrons. The summed E-state index contributed by atoms with van der Waals surface area (Å²) >= 11 is 6.18. The summed E-state index contributed by atoms with van der Waals surface area (Å²) in [6.45, 7) is -2.68. The summed E-state index contributed by atoms with van der Waals surface area (Å²) in [6, 6.07) is 10.3. The Hall–Kier alpha value is -3.20. The Morgan fingerprint density at radius 1 is 1.19 bits per heavy atom. The van der Waals surface area contributed by atoms with E-state index in [0.717, 1.165) is 0 Å². The van der Waals surface area contributed by atoms with Crippen LogP contribution in [0.15, 0.2) is 42.5 Å². The Balaban J connectivity index is 1.55. The highest BCUT2D eigenvalue weighted by Crippen LogP contribution is 2.30. The average Bonchev–Trinajstić information content (AvgIpc) is 3.18. The maximum absolute atomic E-state index is 12.4. The summed E-state index contributed by atoms with van der Waals surface area (Å²) in [5, 5.41) is 0.345. The van der Waals surface area contributed by atoms with Gasteiger partial charge in [-0.3, -0.25) is 9.59 Å². The van der Waals surface area contributed by atoms with Crippen molar-refractivity contribution in [1.82, 2.24) is 4.90 Å². The monoisotopic (exact) mass is 466 g/mol. The predicted octanol–water partition coefficient (Wildman–Crippen LogP) is 3.88. The van der Waals surface area contributed by atoms with Gasteiger partial charge in [-0.1, -0.05) is 23.7 Å². The summed E-state index contributed by atoms with van der Waals surface area (Å²) in [6.07, 6.45) is 1.14. The van der Waals surface area contributed by atoms with Crippen molar-refractivity contribution in [2.45, 2.75) is 26.0 Å². The molecule has 0 unspecified atom stereocenters. The number of benzene rings is 2. The molecule has 7 nitrogen and oxygen atoms in total. The molecule has 1 aliphatic rings. The van der Waals surface area contributed by atoms with Gasteiger partial charge in [-0.15, -0.1) is 0 Å². The number of hydrogen-bond donors (Lipinski definition) is 0. The third kappa shape index (κ3) is 5.94. The van der Waals surface area contributed by atoms with E-state index in [1.54, 1.807) is 12.1 Å². The molecule has 0 N–H and O–H groups in total. The maximum Gasteiger partial charge on any atom is 0.387 e. The molecular formula is C22H21ClF2N2O5. The van der Waals surface area contributed by atoms with Gasteiger partial charge in [0, 0.05) is 26.6 Å². The number of rotatable bonds is 8. The van der Waals surface area contributed by atoms with Gasteiger partial charge < -0.3 is 19.3 Å². The molecule has 1 heterocycles. The minimum atomic E-state index is -2.91. The normalized spacial score (nSPS) is 13.4. The van der Waals surface area contributed by atoms with Gasteiger partial charge in [0.2, 0.25) is 5.91 Å². The largest absolute Gasteiger partial charge is 0.452 e. The van der Waals surface area contributed by atoms with Crippen LogP contribution in [-0.2, 0) is 20.9 Å². The zero-order valence-corrected chi connectivity index (χ0v) is 18.0. The molecule has 0 atom stereocenters. The highest BCUT2D eigenvalue weighted by Gasteiger charge is 2.25. The van der Waals surface area contributed by atoms with E-state index in [1.165, 1.54) is 47.2 Å². The van der Waals surface area contributed by atoms with Gasteiger partial charge in [0.15, 0.2) is 6.61 Å². The van der Waals surface area contributed by atoms with Crippen LogP contribution in [0.25, 0.3) is 0 Å². The number of halogens is 3. The van der Waals surface area contributed by atoms with Crippen molar-refractivity contribution in [3.05, 3.63) is 58.6 Å². The van der Waals surface area contributed by atoms with Gasteiger partial charge in [-0.05, 0) is 42.3 Å². The molecule has 0 aromatic heterocycles. The zero-order chi connectivity index (χ0) is 23.3. The van der Waals surface area contributed by atoms with Crippen LogP contribution in [0.2, 0.25) is 5.02 Å². The van der Waals surface area contributed by atoms with E-state index < -0.39 is 25.1 Å². The number of carbonyl (C=O) groups excluding carboxylic acids is 3. The number of esters is 1. The Kier molecular flexibility index (Phi) is 7.63. The molecular weight excluding hydrogens is 446 g/mol. The number of hydrogen-bond acceptors (Lipinski definition) is 5. The lowest BCUT2D eigenvalue weighted by atomic mass is 10.2. The van der Waals surface area contributed by atoms with E-state index in [9.17, 15) is 23.2 Å². The molecule has 0 saturated carbocycles. The molecule has 2 amide bonds. The molecule has 0 radical (unpaired) electrons. The molecule has 0 aliphatic carbocycles. The number of anilines is 1. The van der Waals surface area contributed by atoms with E-state index in [0.29, 0.717) is 35.7 Å². The van der Waals surface area contributed by atoms with Crippen LogP contribution in [0.5, 0.6) is 5.75 Å². The van der Waals surface area contributed by atoms with Crippen LogP contribution in [0, 0.1) is 0 Å². The Morgan fingerprint density at radius 2 is 1.91 bits per heavy atom. The van der Waals surface area contributed by atoms with E-state index in [-0.39, 0.29) is 23.8 Å². The Bertz CT molecular complexity index is 1000. The molecule has 10 heteroatoms. The number of ether oxygens (including phenoxy) is 2. The molecule has 2 aromatic rings. The third-order valence-corrected chi connectivity index (χ3v) is 5.19. The van der Waals surface area contributed by atoms with Gasteiger partial charge in [-0.2, -0.15) is 8.78 Å². The lowest BCUT2D eigenvalue weighted by molar-refractivity contribution is -0.133. The summed E-state index contributed by atoms with van der Waals surface area (Å²) in [5.41, 5.74) is 1.30. The minimum Gasteiger partial charge on any atom is -0.452 e. The number of likely N-dealkylation sites (N-methyl/N-ethyl adjacent to an activating group) is 1. The second kappa shape index (κ2) is 10.4. The Morgan fingerprint density at radius 3 is 2.53 bits per heavy atom. The van der Waals surface area contributed by atoms with Crippen LogP contribution < -0.4 is 9.64 Å². The molecule has 0 spiro atoms. The van der Waals surface area contributed by atoms with E-state index in [2.05, 4.69) is 4.74 Å². The standard InChI is InChI=1S/C22H21ClF2N2O5/c1-26(12-14-4-7-16(8-5-14)32-22(24)25)20(29)13-31-21(30)15-6-9-17(23)18(11-15)27-10-2-3-19(27)28/h4-9,11,22H,2-3,10,12-13H2,1H3. The molecule has 32 heavy (non-hydrogen) atoms. The van der Waals surface area contributed by atoms with Crippen molar-refractivity contribution < 1.29 is 32.6 Å². The van der Waals surface area contributed by atoms with Crippen LogP contribution in [0.3, 0.4) is 0 Å². The molecule has 0 bridgehead atoms. The van der Waals surface area contributed by atoms with Crippen LogP contribution >= 0.6 is 11.6 Å². The van der Waals surface area contributed by atoms with Crippen molar-refractivity contribution in [2.75, 3.05) is 25.1 Å². The van der Waals surface area contributed by atoms with Gasteiger partial charge in [0.1, 0.15) is 5.75 Å². The first-order valence-corrected chi connectivity index (χ1v) is 10.2. The first-order chi connectivity index (χ1) is 15.2. The smallest absolute Gasteiger partial charge is 0.387 e. The van der Waals surface area contributed by atoms with Gasteiger partial charge in [-0.25, -0.2) is 4.79 Å². The van der Waals surface area contributed by atoms with Gasteiger partial charge in [0.05, 0.1) is 16.3 Å². The predicted molar refractivity (Wildman–Crippen MR) is 113 cm³/mol. The fourth-order valence-electron chi connectivity index (χ4n) is 3.21. The third-order valence-electron chi connectivity index (χ3n) is 4.87. The maximum atomic E-state index is 12.4. The first kappa shape index (κ1) is 23.5. The highest BCUT2D eigenvalue weighted by atomic mass is 35.5. The lowest BCUT2D eigenvalue weighted by Gasteiger charge is -2.19. The topological polar surface area (TPSA) is 76.2 Å². The second-order valence-corrected chi connectivity index (χ2v) is 7.57. The fourth-order valence-corrected chi connectivity index (χ4v) is 3.43. The summed E-state index contributed by atoms with van der Waals surface area (Å²) in [4.78, 5) is 39.6. The van der Waals surface area contributed by atoms with E-state index in [1.807, 2.05) is 0 Å². The summed E-state index contributed by atoms with van der Waals surface area (Å²) in [5.74, 6) is -1.22. The van der Waals surface area contributed by atoms with Crippen LogP contribution in [0.1, 0.15) is 28.8 Å². The zero-order valence-electron chi connectivity index (χ0n) is 17.2. The van der Waals surface area contributed by atoms with Gasteiger partial charge >= 0.3 is 12.6 Å². The van der Waals surface area contributed by atoms with Crippen molar-refractivity contribution >= 4 is 35.1 Å². The van der Waals surface area contributed by atoms with Crippen LogP contribution in [0.4, 0.5) is 14.5 Å². The summed E-state index contributed by atoms with van der Waals surface area (Å²) in [7, 11) is 1.53. The first-order valence-electron chi connectivity index (χ1n) is 9.79. The van der Waals surface area contributed by atoms with Crippen molar-refractivity contribution in [1.29, 1.82) is 0 Å². The molecule has 3 rings (SSSR count).